The Kier molecular flexibility index (Phi) is 3.20. The van der Waals surface area contributed by atoms with Crippen molar-refractivity contribution in [1.29, 1.82) is 0 Å². The van der Waals surface area contributed by atoms with E-state index < -0.39 is 0 Å². The summed E-state index contributed by atoms with van der Waals surface area (Å²) in [6, 6.07) is 0.409. The lowest BCUT2D eigenvalue weighted by atomic mass is 9.92. The predicted octanol–water partition coefficient (Wildman–Crippen LogP) is 2.53. The van der Waals surface area contributed by atoms with Gasteiger partial charge in [0, 0.05) is 12.6 Å². The third-order valence-corrected chi connectivity index (χ3v) is 4.26. The molecule has 2 unspecified atom stereocenters. The molecule has 2 fully saturated rings. The van der Waals surface area contributed by atoms with Crippen LogP contribution in [0.15, 0.2) is 12.4 Å². The Labute approximate surface area is 111 Å². The van der Waals surface area contributed by atoms with E-state index in [2.05, 4.69) is 9.97 Å². The van der Waals surface area contributed by atoms with Crippen LogP contribution >= 0.6 is 11.6 Å². The van der Waals surface area contributed by atoms with Crippen LogP contribution in [0.4, 0.5) is 0 Å². The lowest BCUT2D eigenvalue weighted by molar-refractivity contribution is 0.0542. The van der Waals surface area contributed by atoms with E-state index in [-0.39, 0.29) is 11.1 Å². The minimum absolute atomic E-state index is 0.0124. The third-order valence-electron chi connectivity index (χ3n) is 4.08. The number of fused-ring (bicyclic) bond motifs is 1. The topological polar surface area (TPSA) is 46.1 Å². The number of halogens is 1. The molecule has 1 saturated heterocycles. The fraction of sp³-hybridized carbons (Fsp3) is 0.615. The molecule has 96 valence electrons. The summed E-state index contributed by atoms with van der Waals surface area (Å²) in [5.41, 5.74) is 0.370. The van der Waals surface area contributed by atoms with Gasteiger partial charge in [-0.15, -0.1) is 0 Å². The largest absolute Gasteiger partial charge is 0.334 e. The van der Waals surface area contributed by atoms with Crippen LogP contribution in [0.2, 0.25) is 5.15 Å². The number of carbonyl (C=O) groups excluding carboxylic acids is 1. The zero-order valence-electron chi connectivity index (χ0n) is 10.2. The number of piperidine rings is 1. The van der Waals surface area contributed by atoms with E-state index in [1.165, 1.54) is 31.7 Å². The average molecular weight is 266 g/mol. The third kappa shape index (κ3) is 2.09. The van der Waals surface area contributed by atoms with Crippen LogP contribution in [0.25, 0.3) is 0 Å². The number of rotatable bonds is 1. The van der Waals surface area contributed by atoms with Crippen molar-refractivity contribution in [2.24, 2.45) is 5.92 Å². The summed E-state index contributed by atoms with van der Waals surface area (Å²) in [5, 5.41) is 0.279. The molecule has 0 bridgehead atoms. The highest BCUT2D eigenvalue weighted by atomic mass is 35.5. The first-order valence-electron chi connectivity index (χ1n) is 6.54. The van der Waals surface area contributed by atoms with Crippen molar-refractivity contribution in [2.75, 3.05) is 6.54 Å². The van der Waals surface area contributed by atoms with E-state index in [1.54, 1.807) is 0 Å². The van der Waals surface area contributed by atoms with Gasteiger partial charge in [0.25, 0.3) is 5.91 Å². The van der Waals surface area contributed by atoms with Gasteiger partial charge in [0.1, 0.15) is 10.8 Å². The number of likely N-dealkylation sites (tertiary alicyclic amines) is 1. The maximum absolute atomic E-state index is 12.5. The molecule has 3 rings (SSSR count). The molecule has 2 aliphatic rings. The highest BCUT2D eigenvalue weighted by Crippen LogP contribution is 2.37. The van der Waals surface area contributed by atoms with Gasteiger partial charge in [0.05, 0.1) is 12.4 Å². The minimum Gasteiger partial charge on any atom is -0.334 e. The van der Waals surface area contributed by atoms with E-state index in [0.717, 1.165) is 19.4 Å². The van der Waals surface area contributed by atoms with E-state index in [1.807, 2.05) is 4.90 Å². The first-order chi connectivity index (χ1) is 8.75. The van der Waals surface area contributed by atoms with Gasteiger partial charge in [-0.3, -0.25) is 9.78 Å². The average Bonchev–Trinajstić information content (AvgIpc) is 2.86. The fourth-order valence-electron chi connectivity index (χ4n) is 3.30. The van der Waals surface area contributed by atoms with Crippen molar-refractivity contribution in [2.45, 2.75) is 38.1 Å². The van der Waals surface area contributed by atoms with Gasteiger partial charge < -0.3 is 4.90 Å². The molecule has 2 atom stereocenters. The summed E-state index contributed by atoms with van der Waals surface area (Å²) in [5.74, 6) is 0.677. The second-order valence-corrected chi connectivity index (χ2v) is 5.51. The van der Waals surface area contributed by atoms with E-state index >= 15 is 0 Å². The van der Waals surface area contributed by atoms with Gasteiger partial charge in [-0.05, 0) is 31.6 Å². The van der Waals surface area contributed by atoms with Crippen molar-refractivity contribution < 1.29 is 4.79 Å². The normalized spacial score (nSPS) is 27.1. The molecule has 1 saturated carbocycles. The maximum atomic E-state index is 12.5. The Bertz CT molecular complexity index is 465. The first-order valence-corrected chi connectivity index (χ1v) is 6.92. The molecule has 1 amide bonds. The number of amides is 1. The highest BCUT2D eigenvalue weighted by Gasteiger charge is 2.37. The van der Waals surface area contributed by atoms with Gasteiger partial charge in [0.15, 0.2) is 0 Å². The molecule has 5 heteroatoms. The first kappa shape index (κ1) is 11.9. The standard InChI is InChI=1S/C13H16ClN3O/c14-12-8-15-7-10(16-12)13(18)17-6-2-4-9-3-1-5-11(9)17/h7-9,11H,1-6H2. The number of hydrogen-bond donors (Lipinski definition) is 0. The number of hydrogen-bond acceptors (Lipinski definition) is 3. The molecule has 18 heavy (non-hydrogen) atoms. The van der Waals surface area contributed by atoms with Crippen LogP contribution in [-0.4, -0.2) is 33.4 Å². The summed E-state index contributed by atoms with van der Waals surface area (Å²) < 4.78 is 0. The Hall–Kier alpha value is -1.16. The van der Waals surface area contributed by atoms with Crippen LogP contribution in [0.5, 0.6) is 0 Å². The van der Waals surface area contributed by atoms with E-state index in [9.17, 15) is 4.79 Å². The van der Waals surface area contributed by atoms with E-state index in [4.69, 9.17) is 11.6 Å². The molecular formula is C13H16ClN3O. The SMILES string of the molecule is O=C(c1cncc(Cl)n1)N1CCCC2CCCC21. The van der Waals surface area contributed by atoms with Crippen molar-refractivity contribution in [3.8, 4) is 0 Å². The predicted molar refractivity (Wildman–Crippen MR) is 68.4 cm³/mol. The molecular weight excluding hydrogens is 250 g/mol. The number of carbonyl (C=O) groups is 1. The zero-order chi connectivity index (χ0) is 12.5. The molecule has 0 N–H and O–H groups in total. The fourth-order valence-corrected chi connectivity index (χ4v) is 3.45. The van der Waals surface area contributed by atoms with Crippen LogP contribution in [0.1, 0.15) is 42.6 Å². The van der Waals surface area contributed by atoms with Gasteiger partial charge >= 0.3 is 0 Å². The molecule has 4 nitrogen and oxygen atoms in total. The Morgan fingerprint density at radius 1 is 1.28 bits per heavy atom. The molecule has 0 radical (unpaired) electrons. The second-order valence-electron chi connectivity index (χ2n) is 5.13. The zero-order valence-corrected chi connectivity index (χ0v) is 10.9. The lowest BCUT2D eigenvalue weighted by Gasteiger charge is -2.37. The van der Waals surface area contributed by atoms with Gasteiger partial charge in [0.2, 0.25) is 0 Å². The Balaban J connectivity index is 1.83. The number of aromatic nitrogens is 2. The van der Waals surface area contributed by atoms with E-state index in [0.29, 0.717) is 17.7 Å². The summed E-state index contributed by atoms with van der Waals surface area (Å²) in [6.45, 7) is 0.841. The quantitative estimate of drug-likeness (QED) is 0.784. The molecule has 0 aromatic carbocycles. The molecule has 0 spiro atoms. The van der Waals surface area contributed by atoms with Crippen LogP contribution < -0.4 is 0 Å². The summed E-state index contributed by atoms with van der Waals surface area (Å²) in [4.78, 5) is 22.5. The van der Waals surface area contributed by atoms with Crippen LogP contribution in [0, 0.1) is 5.92 Å². The molecule has 1 aromatic rings. The molecule has 1 aliphatic carbocycles. The summed E-state index contributed by atoms with van der Waals surface area (Å²) in [6.07, 6.45) is 8.94. The van der Waals surface area contributed by atoms with Crippen molar-refractivity contribution in [1.82, 2.24) is 14.9 Å². The molecule has 2 heterocycles. The molecule has 1 aliphatic heterocycles. The van der Waals surface area contributed by atoms with Crippen molar-refractivity contribution >= 4 is 17.5 Å². The number of nitrogens with zero attached hydrogens (tertiary/aromatic N) is 3. The highest BCUT2D eigenvalue weighted by molar-refractivity contribution is 6.29. The summed E-state index contributed by atoms with van der Waals surface area (Å²) in [7, 11) is 0. The summed E-state index contributed by atoms with van der Waals surface area (Å²) >= 11 is 5.79. The van der Waals surface area contributed by atoms with Crippen molar-refractivity contribution in [3.05, 3.63) is 23.2 Å². The minimum atomic E-state index is -0.0124. The van der Waals surface area contributed by atoms with Crippen LogP contribution in [0.3, 0.4) is 0 Å². The van der Waals surface area contributed by atoms with Gasteiger partial charge in [-0.2, -0.15) is 0 Å². The monoisotopic (exact) mass is 265 g/mol. The smallest absolute Gasteiger partial charge is 0.274 e. The van der Waals surface area contributed by atoms with Crippen molar-refractivity contribution in [3.63, 3.8) is 0 Å². The lowest BCUT2D eigenvalue weighted by Crippen LogP contribution is -2.46. The Morgan fingerprint density at radius 2 is 2.11 bits per heavy atom. The van der Waals surface area contributed by atoms with Gasteiger partial charge in [-0.25, -0.2) is 4.98 Å². The maximum Gasteiger partial charge on any atom is 0.274 e. The van der Waals surface area contributed by atoms with Crippen LogP contribution in [-0.2, 0) is 0 Å². The second kappa shape index (κ2) is 4.84. The molecule has 1 aromatic heterocycles. The van der Waals surface area contributed by atoms with Gasteiger partial charge in [-0.1, -0.05) is 18.0 Å². The Morgan fingerprint density at radius 3 is 2.94 bits per heavy atom.